The van der Waals surface area contributed by atoms with E-state index in [0.29, 0.717) is 5.92 Å². The molecule has 0 radical (unpaired) electrons. The van der Waals surface area contributed by atoms with E-state index in [1.807, 2.05) is 0 Å². The summed E-state index contributed by atoms with van der Waals surface area (Å²) in [6, 6.07) is 0. The molecular formula is C14H24O2Si. The molecule has 1 fully saturated rings. The first-order valence-corrected chi connectivity index (χ1v) is 10.1. The van der Waals surface area contributed by atoms with Crippen LogP contribution in [-0.4, -0.2) is 20.1 Å². The molecule has 0 saturated heterocycles. The van der Waals surface area contributed by atoms with Gasteiger partial charge in [0.2, 0.25) is 0 Å². The lowest BCUT2D eigenvalue weighted by atomic mass is 9.85. The van der Waals surface area contributed by atoms with Crippen molar-refractivity contribution in [3.05, 3.63) is 0 Å². The van der Waals surface area contributed by atoms with Crippen LogP contribution in [0.25, 0.3) is 0 Å². The molecule has 0 aromatic heterocycles. The van der Waals surface area contributed by atoms with Crippen LogP contribution in [0.15, 0.2) is 0 Å². The molecule has 1 saturated carbocycles. The zero-order valence-corrected chi connectivity index (χ0v) is 12.5. The van der Waals surface area contributed by atoms with Crippen LogP contribution in [0.3, 0.4) is 0 Å². The lowest BCUT2D eigenvalue weighted by Gasteiger charge is -2.26. The second kappa shape index (κ2) is 6.25. The molecule has 0 heterocycles. The summed E-state index contributed by atoms with van der Waals surface area (Å²) in [5, 5.41) is 0. The van der Waals surface area contributed by atoms with Crippen LogP contribution < -0.4 is 0 Å². The molecule has 2 nitrogen and oxygen atoms in total. The highest BCUT2D eigenvalue weighted by atomic mass is 28.3. The summed E-state index contributed by atoms with van der Waals surface area (Å²) in [5.74, 6) is 3.48. The molecule has 1 atom stereocenters. The summed E-state index contributed by atoms with van der Waals surface area (Å²) >= 11 is 0. The minimum Gasteiger partial charge on any atom is -0.449 e. The normalized spacial score (nSPS) is 19.1. The Morgan fingerprint density at radius 1 is 1.24 bits per heavy atom. The van der Waals surface area contributed by atoms with E-state index >= 15 is 0 Å². The van der Waals surface area contributed by atoms with Crippen molar-refractivity contribution >= 4 is 14.0 Å². The third-order valence-corrected chi connectivity index (χ3v) is 3.85. The molecule has 96 valence electrons. The van der Waals surface area contributed by atoms with E-state index in [4.69, 9.17) is 4.74 Å². The van der Waals surface area contributed by atoms with Crippen molar-refractivity contribution in [1.29, 1.82) is 0 Å². The Hall–Kier alpha value is -0.753. The van der Waals surface area contributed by atoms with Gasteiger partial charge in [-0.1, -0.05) is 44.8 Å². The van der Waals surface area contributed by atoms with Crippen molar-refractivity contribution in [2.24, 2.45) is 5.92 Å². The molecule has 0 aromatic rings. The van der Waals surface area contributed by atoms with E-state index < -0.39 is 8.07 Å². The topological polar surface area (TPSA) is 26.3 Å². The smallest absolute Gasteiger partial charge is 0.303 e. The average molecular weight is 252 g/mol. The zero-order chi connectivity index (χ0) is 12.9. The predicted octanol–water partition coefficient (Wildman–Crippen LogP) is 3.38. The molecule has 0 bridgehead atoms. The van der Waals surface area contributed by atoms with Crippen LogP contribution in [0.5, 0.6) is 0 Å². The minimum atomic E-state index is -1.39. The maximum atomic E-state index is 11.1. The van der Waals surface area contributed by atoms with Gasteiger partial charge in [-0.25, -0.2) is 0 Å². The molecule has 17 heavy (non-hydrogen) atoms. The van der Waals surface area contributed by atoms with E-state index in [-0.39, 0.29) is 12.1 Å². The molecule has 1 rings (SSSR count). The number of carbonyl (C=O) groups is 1. The maximum absolute atomic E-state index is 11.1. The summed E-state index contributed by atoms with van der Waals surface area (Å²) in [6.07, 6.45) is 5.94. The van der Waals surface area contributed by atoms with Crippen LogP contribution in [0.2, 0.25) is 19.6 Å². The first kappa shape index (κ1) is 14.3. The average Bonchev–Trinajstić information content (AvgIpc) is 2.24. The third kappa shape index (κ3) is 5.93. The van der Waals surface area contributed by atoms with Gasteiger partial charge in [-0.15, -0.1) is 5.54 Å². The van der Waals surface area contributed by atoms with E-state index in [1.54, 1.807) is 0 Å². The van der Waals surface area contributed by atoms with Gasteiger partial charge in [0.05, 0.1) is 0 Å². The summed E-state index contributed by atoms with van der Waals surface area (Å²) in [4.78, 5) is 11.1. The second-order valence-electron chi connectivity index (χ2n) is 5.95. The number of esters is 1. The maximum Gasteiger partial charge on any atom is 0.303 e. The van der Waals surface area contributed by atoms with Gasteiger partial charge in [-0.2, -0.15) is 0 Å². The number of carbonyl (C=O) groups excluding carboxylic acids is 1. The van der Waals surface area contributed by atoms with Crippen molar-refractivity contribution in [2.45, 2.75) is 64.8 Å². The van der Waals surface area contributed by atoms with Gasteiger partial charge in [-0.3, -0.25) is 4.79 Å². The Kier molecular flexibility index (Phi) is 5.26. The van der Waals surface area contributed by atoms with Crippen molar-refractivity contribution in [3.63, 3.8) is 0 Å². The SMILES string of the molecule is CC(=O)O[C@@H](C#C[Si](C)(C)C)C1CCCCC1. The lowest BCUT2D eigenvalue weighted by molar-refractivity contribution is -0.146. The summed E-state index contributed by atoms with van der Waals surface area (Å²) in [6.45, 7) is 8.12. The number of hydrogen-bond acceptors (Lipinski definition) is 2. The molecule has 0 amide bonds. The fourth-order valence-electron chi connectivity index (χ4n) is 2.15. The van der Waals surface area contributed by atoms with Gasteiger partial charge in [0.15, 0.2) is 6.10 Å². The fourth-order valence-corrected chi connectivity index (χ4v) is 2.72. The van der Waals surface area contributed by atoms with Crippen LogP contribution in [-0.2, 0) is 9.53 Å². The van der Waals surface area contributed by atoms with Crippen LogP contribution in [0.4, 0.5) is 0 Å². The molecule has 0 unspecified atom stereocenters. The Labute approximate surface area is 106 Å². The van der Waals surface area contributed by atoms with Crippen molar-refractivity contribution < 1.29 is 9.53 Å². The lowest BCUT2D eigenvalue weighted by Crippen LogP contribution is -2.28. The van der Waals surface area contributed by atoms with Gasteiger partial charge < -0.3 is 4.74 Å². The molecule has 1 aliphatic rings. The number of ether oxygens (including phenoxy) is 1. The highest BCUT2D eigenvalue weighted by molar-refractivity contribution is 6.83. The number of rotatable bonds is 2. The predicted molar refractivity (Wildman–Crippen MR) is 73.3 cm³/mol. The Bertz CT molecular complexity index is 313. The van der Waals surface area contributed by atoms with E-state index in [2.05, 4.69) is 31.1 Å². The molecule has 0 spiro atoms. The number of hydrogen-bond donors (Lipinski definition) is 0. The van der Waals surface area contributed by atoms with Crippen LogP contribution in [0, 0.1) is 17.4 Å². The van der Waals surface area contributed by atoms with Crippen molar-refractivity contribution in [1.82, 2.24) is 0 Å². The standard InChI is InChI=1S/C14H24O2Si/c1-12(15)16-14(10-11-17(2,3)4)13-8-6-5-7-9-13/h13-14H,5-9H2,1-4H3/t14-/m0/s1. The van der Waals surface area contributed by atoms with E-state index in [0.717, 1.165) is 12.8 Å². The summed E-state index contributed by atoms with van der Waals surface area (Å²) in [7, 11) is -1.39. The van der Waals surface area contributed by atoms with Crippen molar-refractivity contribution in [3.8, 4) is 11.5 Å². The molecule has 0 N–H and O–H groups in total. The van der Waals surface area contributed by atoms with Gasteiger partial charge in [0, 0.05) is 12.8 Å². The molecular weight excluding hydrogens is 228 g/mol. The third-order valence-electron chi connectivity index (χ3n) is 2.96. The Morgan fingerprint density at radius 3 is 2.29 bits per heavy atom. The van der Waals surface area contributed by atoms with Gasteiger partial charge >= 0.3 is 5.97 Å². The van der Waals surface area contributed by atoms with Gasteiger partial charge in [0.25, 0.3) is 0 Å². The van der Waals surface area contributed by atoms with Crippen LogP contribution >= 0.6 is 0 Å². The zero-order valence-electron chi connectivity index (χ0n) is 11.5. The fraction of sp³-hybridized carbons (Fsp3) is 0.786. The van der Waals surface area contributed by atoms with Gasteiger partial charge in [-0.05, 0) is 12.8 Å². The Balaban J connectivity index is 2.71. The summed E-state index contributed by atoms with van der Waals surface area (Å²) in [5.41, 5.74) is 3.34. The Morgan fingerprint density at radius 2 is 1.82 bits per heavy atom. The minimum absolute atomic E-state index is 0.167. The summed E-state index contributed by atoms with van der Waals surface area (Å²) < 4.78 is 5.39. The van der Waals surface area contributed by atoms with Gasteiger partial charge in [0.1, 0.15) is 8.07 Å². The second-order valence-corrected chi connectivity index (χ2v) is 10.7. The van der Waals surface area contributed by atoms with Crippen molar-refractivity contribution in [2.75, 3.05) is 0 Å². The largest absolute Gasteiger partial charge is 0.449 e. The molecule has 1 aliphatic carbocycles. The highest BCUT2D eigenvalue weighted by Crippen LogP contribution is 2.27. The first-order valence-electron chi connectivity index (χ1n) is 6.58. The molecule has 3 heteroatoms. The van der Waals surface area contributed by atoms with Crippen LogP contribution in [0.1, 0.15) is 39.0 Å². The quantitative estimate of drug-likeness (QED) is 0.428. The monoisotopic (exact) mass is 252 g/mol. The van der Waals surface area contributed by atoms with E-state index in [1.165, 1.54) is 26.2 Å². The first-order chi connectivity index (χ1) is 7.88. The molecule has 0 aliphatic heterocycles. The highest BCUT2D eigenvalue weighted by Gasteiger charge is 2.24. The molecule has 0 aromatic carbocycles. The van der Waals surface area contributed by atoms with E-state index in [9.17, 15) is 4.79 Å².